The zero-order valence-corrected chi connectivity index (χ0v) is 10.9. The van der Waals surface area contributed by atoms with Gasteiger partial charge in [0.15, 0.2) is 0 Å². The Morgan fingerprint density at radius 2 is 1.89 bits per heavy atom. The van der Waals surface area contributed by atoms with Crippen LogP contribution in [0.2, 0.25) is 0 Å². The number of aromatic nitrogens is 2. The summed E-state index contributed by atoms with van der Waals surface area (Å²) in [6, 6.07) is 3.07. The molecular formula is C14H16F2N2O. The molecule has 0 aliphatic carbocycles. The largest absolute Gasteiger partial charge is 0.385 e. The van der Waals surface area contributed by atoms with Crippen molar-refractivity contribution in [2.75, 3.05) is 0 Å². The number of imidazole rings is 1. The standard InChI is InChI=1S/C14H16F2N2O/c1-3-18-5-4-17-13(18)9-14(2,19)10-6-11(15)8-12(16)7-10/h4-8,19H,3,9H2,1-2H3. The number of hydrogen-bond acceptors (Lipinski definition) is 2. The van der Waals surface area contributed by atoms with Crippen molar-refractivity contribution in [2.45, 2.75) is 32.4 Å². The number of nitrogens with zero attached hydrogens (tertiary/aromatic N) is 2. The lowest BCUT2D eigenvalue weighted by Gasteiger charge is -2.24. The van der Waals surface area contributed by atoms with Crippen molar-refractivity contribution in [1.29, 1.82) is 0 Å². The summed E-state index contributed by atoms with van der Waals surface area (Å²) in [6.45, 7) is 4.21. The predicted molar refractivity (Wildman–Crippen MR) is 67.5 cm³/mol. The van der Waals surface area contributed by atoms with Crippen molar-refractivity contribution in [3.8, 4) is 0 Å². The van der Waals surface area contributed by atoms with Gasteiger partial charge in [-0.3, -0.25) is 0 Å². The fourth-order valence-electron chi connectivity index (χ4n) is 2.07. The third-order valence-electron chi connectivity index (χ3n) is 3.13. The second-order valence-electron chi connectivity index (χ2n) is 4.74. The lowest BCUT2D eigenvalue weighted by Crippen LogP contribution is -2.26. The van der Waals surface area contributed by atoms with Crippen molar-refractivity contribution in [3.05, 3.63) is 53.6 Å². The van der Waals surface area contributed by atoms with Crippen LogP contribution in [0, 0.1) is 11.6 Å². The molecule has 0 amide bonds. The molecule has 1 aromatic heterocycles. The molecule has 1 aromatic carbocycles. The monoisotopic (exact) mass is 266 g/mol. The molecule has 0 spiro atoms. The summed E-state index contributed by atoms with van der Waals surface area (Å²) in [4.78, 5) is 4.16. The Labute approximate surface area is 110 Å². The van der Waals surface area contributed by atoms with Crippen LogP contribution in [0.4, 0.5) is 8.78 Å². The molecule has 1 heterocycles. The van der Waals surface area contributed by atoms with Gasteiger partial charge in [-0.25, -0.2) is 13.8 Å². The van der Waals surface area contributed by atoms with E-state index >= 15 is 0 Å². The minimum atomic E-state index is -1.37. The summed E-state index contributed by atoms with van der Waals surface area (Å²) in [5, 5.41) is 10.4. The summed E-state index contributed by atoms with van der Waals surface area (Å²) < 4.78 is 28.3. The average molecular weight is 266 g/mol. The number of rotatable bonds is 4. The van der Waals surface area contributed by atoms with Gasteiger partial charge in [0, 0.05) is 31.4 Å². The van der Waals surface area contributed by atoms with Crippen LogP contribution in [0.25, 0.3) is 0 Å². The molecule has 0 saturated carbocycles. The van der Waals surface area contributed by atoms with Gasteiger partial charge in [0.2, 0.25) is 0 Å². The van der Waals surface area contributed by atoms with Crippen LogP contribution in [-0.2, 0) is 18.6 Å². The Morgan fingerprint density at radius 3 is 2.47 bits per heavy atom. The zero-order chi connectivity index (χ0) is 14.0. The van der Waals surface area contributed by atoms with Gasteiger partial charge < -0.3 is 9.67 Å². The first-order valence-corrected chi connectivity index (χ1v) is 6.11. The highest BCUT2D eigenvalue weighted by atomic mass is 19.1. The van der Waals surface area contributed by atoms with Gasteiger partial charge >= 0.3 is 0 Å². The highest BCUT2D eigenvalue weighted by molar-refractivity contribution is 5.25. The van der Waals surface area contributed by atoms with Gasteiger partial charge in [0.25, 0.3) is 0 Å². The number of benzene rings is 1. The van der Waals surface area contributed by atoms with E-state index < -0.39 is 17.2 Å². The van der Waals surface area contributed by atoms with Crippen molar-refractivity contribution < 1.29 is 13.9 Å². The first-order chi connectivity index (χ1) is 8.92. The first-order valence-electron chi connectivity index (χ1n) is 6.11. The summed E-state index contributed by atoms with van der Waals surface area (Å²) in [6.07, 6.45) is 3.63. The second kappa shape index (κ2) is 5.09. The van der Waals surface area contributed by atoms with E-state index in [0.29, 0.717) is 5.82 Å². The van der Waals surface area contributed by atoms with Gasteiger partial charge in [-0.05, 0) is 31.5 Å². The lowest BCUT2D eigenvalue weighted by molar-refractivity contribution is 0.0539. The Bertz CT molecular complexity index is 558. The molecule has 102 valence electrons. The molecule has 1 unspecified atom stereocenters. The highest BCUT2D eigenvalue weighted by Crippen LogP contribution is 2.26. The van der Waals surface area contributed by atoms with E-state index in [0.717, 1.165) is 24.7 Å². The van der Waals surface area contributed by atoms with E-state index in [-0.39, 0.29) is 12.0 Å². The quantitative estimate of drug-likeness (QED) is 0.923. The molecule has 0 aliphatic heterocycles. The van der Waals surface area contributed by atoms with E-state index in [1.807, 2.05) is 11.5 Å². The number of hydrogen-bond donors (Lipinski definition) is 1. The molecule has 0 saturated heterocycles. The molecule has 3 nitrogen and oxygen atoms in total. The van der Waals surface area contributed by atoms with Crippen molar-refractivity contribution in [3.63, 3.8) is 0 Å². The van der Waals surface area contributed by atoms with Crippen LogP contribution in [0.15, 0.2) is 30.6 Å². The molecule has 2 aromatic rings. The third-order valence-corrected chi connectivity index (χ3v) is 3.13. The SMILES string of the molecule is CCn1ccnc1CC(C)(O)c1cc(F)cc(F)c1. The van der Waals surface area contributed by atoms with E-state index in [2.05, 4.69) is 4.98 Å². The van der Waals surface area contributed by atoms with E-state index in [4.69, 9.17) is 0 Å². The van der Waals surface area contributed by atoms with Gasteiger partial charge in [-0.15, -0.1) is 0 Å². The van der Waals surface area contributed by atoms with Crippen LogP contribution in [0.1, 0.15) is 25.2 Å². The second-order valence-corrected chi connectivity index (χ2v) is 4.74. The summed E-state index contributed by atoms with van der Waals surface area (Å²) in [5.41, 5.74) is -1.17. The van der Waals surface area contributed by atoms with Gasteiger partial charge in [-0.1, -0.05) is 0 Å². The molecular weight excluding hydrogens is 250 g/mol. The molecule has 1 atom stereocenters. The minimum Gasteiger partial charge on any atom is -0.385 e. The van der Waals surface area contributed by atoms with Crippen molar-refractivity contribution in [2.24, 2.45) is 0 Å². The molecule has 1 N–H and O–H groups in total. The number of halogens is 2. The maximum Gasteiger partial charge on any atom is 0.126 e. The van der Waals surface area contributed by atoms with Crippen LogP contribution in [0.5, 0.6) is 0 Å². The smallest absolute Gasteiger partial charge is 0.126 e. The normalized spacial score (nSPS) is 14.4. The average Bonchev–Trinajstić information content (AvgIpc) is 2.74. The Balaban J connectivity index is 2.31. The molecule has 19 heavy (non-hydrogen) atoms. The summed E-state index contributed by atoms with van der Waals surface area (Å²) in [7, 11) is 0. The zero-order valence-electron chi connectivity index (χ0n) is 10.9. The third kappa shape index (κ3) is 2.98. The lowest BCUT2D eigenvalue weighted by atomic mass is 9.92. The fourth-order valence-corrected chi connectivity index (χ4v) is 2.07. The van der Waals surface area contributed by atoms with Crippen LogP contribution < -0.4 is 0 Å². The molecule has 0 bridgehead atoms. The molecule has 0 radical (unpaired) electrons. The molecule has 5 heteroatoms. The fraction of sp³-hybridized carbons (Fsp3) is 0.357. The molecule has 0 fully saturated rings. The van der Waals surface area contributed by atoms with Gasteiger partial charge in [0.05, 0.1) is 5.60 Å². The van der Waals surface area contributed by atoms with E-state index in [1.54, 1.807) is 12.4 Å². The van der Waals surface area contributed by atoms with Gasteiger partial charge in [0.1, 0.15) is 17.5 Å². The van der Waals surface area contributed by atoms with Crippen LogP contribution in [-0.4, -0.2) is 14.7 Å². The Kier molecular flexibility index (Phi) is 3.66. The van der Waals surface area contributed by atoms with E-state index in [1.165, 1.54) is 6.92 Å². The number of aliphatic hydroxyl groups is 1. The highest BCUT2D eigenvalue weighted by Gasteiger charge is 2.26. The molecule has 0 aliphatic rings. The Morgan fingerprint density at radius 1 is 1.26 bits per heavy atom. The summed E-state index contributed by atoms with van der Waals surface area (Å²) >= 11 is 0. The Hall–Kier alpha value is -1.75. The molecule has 2 rings (SSSR count). The first kappa shape index (κ1) is 13.7. The number of aryl methyl sites for hydroxylation is 1. The maximum atomic E-state index is 13.2. The summed E-state index contributed by atoms with van der Waals surface area (Å²) in [5.74, 6) is -0.722. The van der Waals surface area contributed by atoms with Gasteiger partial charge in [-0.2, -0.15) is 0 Å². The van der Waals surface area contributed by atoms with Crippen LogP contribution >= 0.6 is 0 Å². The maximum absolute atomic E-state index is 13.2. The van der Waals surface area contributed by atoms with Crippen molar-refractivity contribution >= 4 is 0 Å². The topological polar surface area (TPSA) is 38.0 Å². The van der Waals surface area contributed by atoms with Crippen molar-refractivity contribution in [1.82, 2.24) is 9.55 Å². The van der Waals surface area contributed by atoms with Crippen LogP contribution in [0.3, 0.4) is 0 Å². The predicted octanol–water partition coefficient (Wildman–Crippen LogP) is 2.63. The minimum absolute atomic E-state index is 0.191. The van der Waals surface area contributed by atoms with E-state index in [9.17, 15) is 13.9 Å².